The van der Waals surface area contributed by atoms with Crippen molar-refractivity contribution in [3.8, 4) is 0 Å². The number of aliphatic hydroxyl groups is 1. The van der Waals surface area contributed by atoms with Gasteiger partial charge in [0.1, 0.15) is 5.82 Å². The maximum Gasteiger partial charge on any atom is 0.146 e. The summed E-state index contributed by atoms with van der Waals surface area (Å²) in [6.45, 7) is 3.26. The Bertz CT molecular complexity index is 412. The fraction of sp³-hybridized carbons (Fsp3) is 0.538. The molecule has 100 valence electrons. The van der Waals surface area contributed by atoms with Gasteiger partial charge in [0.2, 0.25) is 0 Å². The first-order chi connectivity index (χ1) is 8.65. The van der Waals surface area contributed by atoms with Crippen LogP contribution in [0.3, 0.4) is 0 Å². The van der Waals surface area contributed by atoms with E-state index in [0.717, 1.165) is 5.56 Å². The summed E-state index contributed by atoms with van der Waals surface area (Å²) in [7, 11) is 0. The van der Waals surface area contributed by atoms with Crippen molar-refractivity contribution in [1.29, 1.82) is 0 Å². The van der Waals surface area contributed by atoms with Gasteiger partial charge < -0.3 is 20.5 Å². The SMILES string of the molecule is CC(N)c1cccc(F)c1N1CCOCC1CO. The van der Waals surface area contributed by atoms with E-state index in [2.05, 4.69) is 0 Å². The van der Waals surface area contributed by atoms with Crippen molar-refractivity contribution in [2.75, 3.05) is 31.3 Å². The third-order valence-electron chi connectivity index (χ3n) is 3.23. The summed E-state index contributed by atoms with van der Waals surface area (Å²) in [5, 5.41) is 9.37. The quantitative estimate of drug-likeness (QED) is 0.846. The summed E-state index contributed by atoms with van der Waals surface area (Å²) >= 11 is 0. The van der Waals surface area contributed by atoms with E-state index in [1.54, 1.807) is 6.07 Å². The van der Waals surface area contributed by atoms with Gasteiger partial charge in [-0.25, -0.2) is 4.39 Å². The van der Waals surface area contributed by atoms with Gasteiger partial charge in [-0.3, -0.25) is 0 Å². The van der Waals surface area contributed by atoms with Gasteiger partial charge in [-0.05, 0) is 18.6 Å². The summed E-state index contributed by atoms with van der Waals surface area (Å²) < 4.78 is 19.4. The molecule has 0 aliphatic carbocycles. The third-order valence-corrected chi connectivity index (χ3v) is 3.23. The number of aliphatic hydroxyl groups excluding tert-OH is 1. The number of hydrogen-bond acceptors (Lipinski definition) is 4. The summed E-state index contributed by atoms with van der Waals surface area (Å²) in [5.74, 6) is -0.301. The van der Waals surface area contributed by atoms with Crippen LogP contribution in [0.2, 0.25) is 0 Å². The Morgan fingerprint density at radius 3 is 3.06 bits per heavy atom. The molecule has 1 heterocycles. The fourth-order valence-corrected chi connectivity index (χ4v) is 2.30. The maximum absolute atomic E-state index is 14.1. The van der Waals surface area contributed by atoms with Gasteiger partial charge in [-0.2, -0.15) is 0 Å². The minimum absolute atomic E-state index is 0.0628. The fourth-order valence-electron chi connectivity index (χ4n) is 2.30. The lowest BCUT2D eigenvalue weighted by molar-refractivity contribution is 0.0722. The molecule has 2 unspecified atom stereocenters. The molecule has 0 aromatic heterocycles. The average Bonchev–Trinajstić information content (AvgIpc) is 2.38. The van der Waals surface area contributed by atoms with Gasteiger partial charge in [-0.15, -0.1) is 0 Å². The Morgan fingerprint density at radius 1 is 1.61 bits per heavy atom. The number of rotatable bonds is 3. The second-order valence-electron chi connectivity index (χ2n) is 4.57. The number of hydrogen-bond donors (Lipinski definition) is 2. The summed E-state index contributed by atoms with van der Waals surface area (Å²) in [6.07, 6.45) is 0. The van der Waals surface area contributed by atoms with Crippen LogP contribution in [-0.4, -0.2) is 37.5 Å². The van der Waals surface area contributed by atoms with Crippen molar-refractivity contribution in [2.45, 2.75) is 19.0 Å². The van der Waals surface area contributed by atoms with Crippen LogP contribution in [0.5, 0.6) is 0 Å². The zero-order valence-electron chi connectivity index (χ0n) is 10.5. The minimum Gasteiger partial charge on any atom is -0.394 e. The third kappa shape index (κ3) is 2.48. The van der Waals surface area contributed by atoms with Gasteiger partial charge >= 0.3 is 0 Å². The van der Waals surface area contributed by atoms with E-state index >= 15 is 0 Å². The summed E-state index contributed by atoms with van der Waals surface area (Å²) in [6, 6.07) is 4.44. The maximum atomic E-state index is 14.1. The highest BCUT2D eigenvalue weighted by Gasteiger charge is 2.27. The molecule has 2 rings (SSSR count). The number of anilines is 1. The normalized spacial score (nSPS) is 22.0. The number of halogens is 1. The molecule has 4 nitrogen and oxygen atoms in total. The highest BCUT2D eigenvalue weighted by molar-refractivity contribution is 5.57. The molecule has 0 amide bonds. The molecule has 1 aliphatic heterocycles. The standard InChI is InChI=1S/C13H19FN2O2/c1-9(15)11-3-2-4-12(14)13(11)16-5-6-18-8-10(16)7-17/h2-4,9-10,17H,5-8,15H2,1H3. The Labute approximate surface area is 106 Å². The van der Waals surface area contributed by atoms with Crippen LogP contribution in [0.4, 0.5) is 10.1 Å². The van der Waals surface area contributed by atoms with Crippen LogP contribution in [0.15, 0.2) is 18.2 Å². The smallest absolute Gasteiger partial charge is 0.146 e. The largest absolute Gasteiger partial charge is 0.394 e. The molecule has 0 saturated carbocycles. The summed E-state index contributed by atoms with van der Waals surface area (Å²) in [5.41, 5.74) is 7.14. The van der Waals surface area contributed by atoms with E-state index in [1.807, 2.05) is 17.9 Å². The average molecular weight is 254 g/mol. The van der Waals surface area contributed by atoms with E-state index in [1.165, 1.54) is 6.07 Å². The van der Waals surface area contributed by atoms with Crippen LogP contribution < -0.4 is 10.6 Å². The monoisotopic (exact) mass is 254 g/mol. The van der Waals surface area contributed by atoms with Crippen molar-refractivity contribution in [3.63, 3.8) is 0 Å². The van der Waals surface area contributed by atoms with Gasteiger partial charge in [0.15, 0.2) is 0 Å². The van der Waals surface area contributed by atoms with Gasteiger partial charge in [0.05, 0.1) is 31.5 Å². The Balaban J connectivity index is 2.41. The number of nitrogens with two attached hydrogens (primary N) is 1. The van der Waals surface area contributed by atoms with Crippen LogP contribution in [0.25, 0.3) is 0 Å². The minimum atomic E-state index is -0.301. The molecule has 2 atom stereocenters. The van der Waals surface area contributed by atoms with E-state index < -0.39 is 0 Å². The number of benzene rings is 1. The molecule has 5 heteroatoms. The lowest BCUT2D eigenvalue weighted by Crippen LogP contribution is -2.48. The molecule has 0 radical (unpaired) electrons. The van der Waals surface area contributed by atoms with E-state index in [4.69, 9.17) is 10.5 Å². The highest BCUT2D eigenvalue weighted by Crippen LogP contribution is 2.30. The molecule has 1 aliphatic rings. The molecule has 0 spiro atoms. The van der Waals surface area contributed by atoms with E-state index in [0.29, 0.717) is 25.4 Å². The lowest BCUT2D eigenvalue weighted by atomic mass is 10.0. The van der Waals surface area contributed by atoms with Crippen LogP contribution in [0.1, 0.15) is 18.5 Å². The first kappa shape index (κ1) is 13.3. The van der Waals surface area contributed by atoms with Gasteiger partial charge in [-0.1, -0.05) is 12.1 Å². The van der Waals surface area contributed by atoms with Crippen LogP contribution in [0, 0.1) is 5.82 Å². The second-order valence-corrected chi connectivity index (χ2v) is 4.57. The first-order valence-corrected chi connectivity index (χ1v) is 6.14. The van der Waals surface area contributed by atoms with E-state index in [9.17, 15) is 9.50 Å². The van der Waals surface area contributed by atoms with Crippen molar-refractivity contribution in [2.24, 2.45) is 5.73 Å². The number of nitrogens with zero attached hydrogens (tertiary/aromatic N) is 1. The molecule has 3 N–H and O–H groups in total. The van der Waals surface area contributed by atoms with Crippen molar-refractivity contribution >= 4 is 5.69 Å². The Kier molecular flexibility index (Phi) is 4.16. The van der Waals surface area contributed by atoms with Crippen LogP contribution >= 0.6 is 0 Å². The number of ether oxygens (including phenoxy) is 1. The molecular formula is C13H19FN2O2. The molecule has 1 fully saturated rings. The second kappa shape index (κ2) is 5.65. The zero-order chi connectivity index (χ0) is 13.1. The molecule has 18 heavy (non-hydrogen) atoms. The van der Waals surface area contributed by atoms with Crippen molar-refractivity contribution in [3.05, 3.63) is 29.6 Å². The molecular weight excluding hydrogens is 235 g/mol. The predicted octanol–water partition coefficient (Wildman–Crippen LogP) is 1.04. The molecule has 0 bridgehead atoms. The van der Waals surface area contributed by atoms with Crippen molar-refractivity contribution < 1.29 is 14.2 Å². The van der Waals surface area contributed by atoms with Gasteiger partial charge in [0.25, 0.3) is 0 Å². The van der Waals surface area contributed by atoms with Gasteiger partial charge in [0, 0.05) is 12.6 Å². The van der Waals surface area contributed by atoms with E-state index in [-0.39, 0.29) is 24.5 Å². The molecule has 1 saturated heterocycles. The molecule has 1 aromatic carbocycles. The first-order valence-electron chi connectivity index (χ1n) is 6.14. The number of morpholine rings is 1. The zero-order valence-corrected chi connectivity index (χ0v) is 10.5. The predicted molar refractivity (Wildman–Crippen MR) is 68.0 cm³/mol. The molecule has 1 aromatic rings. The van der Waals surface area contributed by atoms with Crippen molar-refractivity contribution in [1.82, 2.24) is 0 Å². The Morgan fingerprint density at radius 2 is 2.39 bits per heavy atom. The Hall–Kier alpha value is -1.17. The summed E-state index contributed by atoms with van der Waals surface area (Å²) in [4.78, 5) is 1.86. The highest BCUT2D eigenvalue weighted by atomic mass is 19.1. The van der Waals surface area contributed by atoms with Crippen LogP contribution in [-0.2, 0) is 4.74 Å². The lowest BCUT2D eigenvalue weighted by Gasteiger charge is -2.38. The number of para-hydroxylation sites is 1. The topological polar surface area (TPSA) is 58.7 Å².